The minimum absolute atomic E-state index is 0.113. The quantitative estimate of drug-likeness (QED) is 0.555. The normalized spacial score (nSPS) is 19.9. The Labute approximate surface area is 150 Å². The number of rotatable bonds is 5. The van der Waals surface area contributed by atoms with Crippen LogP contribution in [0.25, 0.3) is 0 Å². The highest BCUT2D eigenvalue weighted by atomic mass is 19.1. The number of alkyl halides is 1. The number of nitro groups is 1. The predicted octanol–water partition coefficient (Wildman–Crippen LogP) is 2.65. The molecule has 2 unspecified atom stereocenters. The summed E-state index contributed by atoms with van der Waals surface area (Å²) in [6, 6.07) is 9.80. The topological polar surface area (TPSA) is 109 Å². The Morgan fingerprint density at radius 2 is 2.04 bits per heavy atom. The molecular weight excluding hydrogens is 339 g/mol. The van der Waals surface area contributed by atoms with Gasteiger partial charge in [0.1, 0.15) is 12.0 Å². The molecule has 1 fully saturated rings. The molecule has 1 aromatic heterocycles. The summed E-state index contributed by atoms with van der Waals surface area (Å²) in [7, 11) is 1.69. The minimum Gasteiger partial charge on any atom is -0.373 e. The van der Waals surface area contributed by atoms with Gasteiger partial charge in [0, 0.05) is 37.1 Å². The lowest BCUT2D eigenvalue weighted by molar-refractivity contribution is -0.384. The van der Waals surface area contributed by atoms with Gasteiger partial charge in [-0.3, -0.25) is 10.1 Å². The number of nitrogens with two attached hydrogens (primary N) is 1. The van der Waals surface area contributed by atoms with Gasteiger partial charge in [0.25, 0.3) is 0 Å². The fourth-order valence-corrected chi connectivity index (χ4v) is 2.88. The number of hydrogen-bond donors (Lipinski definition) is 3. The standard InChI is InChI=1S/C17H21FN6O2/c1-20-16-7-6-15(24(25)26)17(22-16)21-11-2-4-12(5-3-11)23-9-8-14(19)13(18)10-23/h2-7,13-14H,8-10,19H2,1H3,(H2,20,21,22). The van der Waals surface area contributed by atoms with Crippen molar-refractivity contribution in [3.8, 4) is 0 Å². The average molecular weight is 360 g/mol. The first-order valence-corrected chi connectivity index (χ1v) is 8.33. The second-order valence-corrected chi connectivity index (χ2v) is 6.16. The molecule has 2 atom stereocenters. The lowest BCUT2D eigenvalue weighted by Crippen LogP contribution is -2.48. The summed E-state index contributed by atoms with van der Waals surface area (Å²) in [4.78, 5) is 16.8. The van der Waals surface area contributed by atoms with E-state index in [2.05, 4.69) is 15.6 Å². The molecule has 0 saturated carbocycles. The largest absolute Gasteiger partial charge is 0.373 e. The van der Waals surface area contributed by atoms with Gasteiger partial charge in [-0.05, 0) is 36.8 Å². The number of benzene rings is 1. The maximum Gasteiger partial charge on any atom is 0.311 e. The van der Waals surface area contributed by atoms with Crippen molar-refractivity contribution in [1.82, 2.24) is 4.98 Å². The molecule has 138 valence electrons. The molecule has 4 N–H and O–H groups in total. The molecule has 0 spiro atoms. The van der Waals surface area contributed by atoms with Gasteiger partial charge in [-0.25, -0.2) is 9.37 Å². The third-order valence-corrected chi connectivity index (χ3v) is 4.41. The van der Waals surface area contributed by atoms with Crippen molar-refractivity contribution in [3.63, 3.8) is 0 Å². The van der Waals surface area contributed by atoms with Crippen molar-refractivity contribution in [2.45, 2.75) is 18.6 Å². The first-order valence-electron chi connectivity index (χ1n) is 8.33. The first-order chi connectivity index (χ1) is 12.5. The van der Waals surface area contributed by atoms with Crippen LogP contribution in [0.5, 0.6) is 0 Å². The molecule has 9 heteroatoms. The molecule has 1 saturated heterocycles. The first kappa shape index (κ1) is 17.9. The van der Waals surface area contributed by atoms with Gasteiger partial charge in [0.15, 0.2) is 0 Å². The van der Waals surface area contributed by atoms with Crippen LogP contribution in [0.15, 0.2) is 36.4 Å². The summed E-state index contributed by atoms with van der Waals surface area (Å²) in [6.07, 6.45) is -0.439. The average Bonchev–Trinajstić information content (AvgIpc) is 2.64. The van der Waals surface area contributed by atoms with Crippen LogP contribution in [0.3, 0.4) is 0 Å². The zero-order valence-electron chi connectivity index (χ0n) is 14.4. The molecule has 0 bridgehead atoms. The number of nitrogens with zero attached hydrogens (tertiary/aromatic N) is 3. The lowest BCUT2D eigenvalue weighted by Gasteiger charge is -2.34. The molecular formula is C17H21FN6O2. The summed E-state index contributed by atoms with van der Waals surface area (Å²) in [5.41, 5.74) is 7.14. The molecule has 0 radical (unpaired) electrons. The van der Waals surface area contributed by atoms with Gasteiger partial charge in [-0.2, -0.15) is 0 Å². The third-order valence-electron chi connectivity index (χ3n) is 4.41. The van der Waals surface area contributed by atoms with Crippen molar-refractivity contribution in [2.75, 3.05) is 35.7 Å². The van der Waals surface area contributed by atoms with E-state index in [-0.39, 0.29) is 18.1 Å². The fraction of sp³-hybridized carbons (Fsp3) is 0.353. The van der Waals surface area contributed by atoms with Crippen molar-refractivity contribution in [1.29, 1.82) is 0 Å². The maximum absolute atomic E-state index is 13.8. The number of nitrogens with one attached hydrogen (secondary N) is 2. The number of pyridine rings is 1. The van der Waals surface area contributed by atoms with E-state index in [4.69, 9.17) is 5.73 Å². The van der Waals surface area contributed by atoms with Gasteiger partial charge in [-0.15, -0.1) is 0 Å². The number of anilines is 4. The van der Waals surface area contributed by atoms with Crippen LogP contribution >= 0.6 is 0 Å². The molecule has 0 aliphatic carbocycles. The Morgan fingerprint density at radius 1 is 1.31 bits per heavy atom. The molecule has 1 aromatic carbocycles. The van der Waals surface area contributed by atoms with Crippen LogP contribution in [0.4, 0.5) is 33.1 Å². The predicted molar refractivity (Wildman–Crippen MR) is 99.9 cm³/mol. The van der Waals surface area contributed by atoms with Crippen LogP contribution in [0, 0.1) is 10.1 Å². The van der Waals surface area contributed by atoms with E-state index in [0.717, 1.165) is 5.69 Å². The van der Waals surface area contributed by atoms with Crippen molar-refractivity contribution < 1.29 is 9.31 Å². The van der Waals surface area contributed by atoms with Gasteiger partial charge in [0.05, 0.1) is 11.5 Å². The molecule has 1 aliphatic heterocycles. The zero-order chi connectivity index (χ0) is 18.7. The molecule has 26 heavy (non-hydrogen) atoms. The van der Waals surface area contributed by atoms with Crippen molar-refractivity contribution in [3.05, 3.63) is 46.5 Å². The number of piperidine rings is 1. The molecule has 2 heterocycles. The lowest BCUT2D eigenvalue weighted by atomic mass is 10.0. The summed E-state index contributed by atoms with van der Waals surface area (Å²) in [5, 5.41) is 17.0. The van der Waals surface area contributed by atoms with E-state index < -0.39 is 17.1 Å². The highest BCUT2D eigenvalue weighted by molar-refractivity contribution is 5.69. The van der Waals surface area contributed by atoms with Gasteiger partial charge < -0.3 is 21.3 Å². The fourth-order valence-electron chi connectivity index (χ4n) is 2.88. The van der Waals surface area contributed by atoms with E-state index in [0.29, 0.717) is 24.5 Å². The van der Waals surface area contributed by atoms with Crippen LogP contribution in [0.1, 0.15) is 6.42 Å². The van der Waals surface area contributed by atoms with Crippen LogP contribution in [-0.2, 0) is 0 Å². The van der Waals surface area contributed by atoms with E-state index in [1.165, 1.54) is 6.07 Å². The minimum atomic E-state index is -1.04. The van der Waals surface area contributed by atoms with E-state index >= 15 is 0 Å². The molecule has 3 rings (SSSR count). The Hall–Kier alpha value is -2.94. The number of aromatic nitrogens is 1. The number of halogens is 1. The molecule has 8 nitrogen and oxygen atoms in total. The third kappa shape index (κ3) is 3.83. The van der Waals surface area contributed by atoms with E-state index in [9.17, 15) is 14.5 Å². The zero-order valence-corrected chi connectivity index (χ0v) is 14.4. The summed E-state index contributed by atoms with van der Waals surface area (Å²) in [6.45, 7) is 0.969. The van der Waals surface area contributed by atoms with E-state index in [1.807, 2.05) is 17.0 Å². The summed E-state index contributed by atoms with van der Waals surface area (Å²) in [5.74, 6) is 0.677. The second-order valence-electron chi connectivity index (χ2n) is 6.16. The van der Waals surface area contributed by atoms with Crippen molar-refractivity contribution in [2.24, 2.45) is 5.73 Å². The second kappa shape index (κ2) is 7.52. The van der Waals surface area contributed by atoms with Gasteiger partial charge in [-0.1, -0.05) is 0 Å². The summed E-state index contributed by atoms with van der Waals surface area (Å²) < 4.78 is 13.8. The Kier molecular flexibility index (Phi) is 5.17. The Balaban J connectivity index is 1.77. The maximum atomic E-state index is 13.8. The highest BCUT2D eigenvalue weighted by Gasteiger charge is 2.26. The number of hydrogen-bond acceptors (Lipinski definition) is 7. The van der Waals surface area contributed by atoms with Crippen LogP contribution in [0.2, 0.25) is 0 Å². The van der Waals surface area contributed by atoms with Crippen LogP contribution in [-0.4, -0.2) is 42.3 Å². The van der Waals surface area contributed by atoms with Gasteiger partial charge in [0.2, 0.25) is 5.82 Å². The smallest absolute Gasteiger partial charge is 0.311 e. The SMILES string of the molecule is CNc1ccc([N+](=O)[O-])c(Nc2ccc(N3CCC(N)C(F)C3)cc2)n1. The van der Waals surface area contributed by atoms with E-state index in [1.54, 1.807) is 25.2 Å². The monoisotopic (exact) mass is 360 g/mol. The van der Waals surface area contributed by atoms with Gasteiger partial charge >= 0.3 is 5.69 Å². The summed E-state index contributed by atoms with van der Waals surface area (Å²) >= 11 is 0. The molecule has 2 aromatic rings. The Bertz CT molecular complexity index is 785. The van der Waals surface area contributed by atoms with Crippen molar-refractivity contribution >= 4 is 28.7 Å². The molecule has 0 amide bonds. The molecule has 1 aliphatic rings. The van der Waals surface area contributed by atoms with Crippen LogP contribution < -0.4 is 21.3 Å². The Morgan fingerprint density at radius 3 is 2.65 bits per heavy atom. The highest BCUT2D eigenvalue weighted by Crippen LogP contribution is 2.29.